The van der Waals surface area contributed by atoms with Crippen molar-refractivity contribution < 1.29 is 28.6 Å². The van der Waals surface area contributed by atoms with E-state index >= 15 is 0 Å². The Hall–Kier alpha value is -3.07. The fraction of sp³-hybridized carbons (Fsp3) is 0.250. The van der Waals surface area contributed by atoms with Gasteiger partial charge in [-0.05, 0) is 42.0 Å². The molecule has 7 nitrogen and oxygen atoms in total. The highest BCUT2D eigenvalue weighted by molar-refractivity contribution is 7.99. The lowest BCUT2D eigenvalue weighted by Gasteiger charge is -2.14. The molecule has 3 N–H and O–H groups in total. The van der Waals surface area contributed by atoms with Gasteiger partial charge in [0, 0.05) is 5.69 Å². The molecule has 0 heterocycles. The number of alkyl carbamates (subject to hydrolysis) is 1. The van der Waals surface area contributed by atoms with Crippen molar-refractivity contribution in [1.29, 1.82) is 0 Å². The van der Waals surface area contributed by atoms with Crippen LogP contribution in [0.1, 0.15) is 12.0 Å². The molecule has 0 radical (unpaired) electrons. The van der Waals surface area contributed by atoms with Gasteiger partial charge in [-0.15, -0.1) is 0 Å². The zero-order valence-corrected chi connectivity index (χ0v) is 16.3. The second-order valence-corrected chi connectivity index (χ2v) is 7.10. The minimum absolute atomic E-state index is 0.0390. The van der Waals surface area contributed by atoms with E-state index in [1.807, 2.05) is 6.07 Å². The van der Waals surface area contributed by atoms with Crippen LogP contribution in [-0.4, -0.2) is 40.6 Å². The first-order valence-electron chi connectivity index (χ1n) is 8.77. The number of halogens is 1. The lowest BCUT2D eigenvalue weighted by molar-refractivity contribution is -0.139. The maximum absolute atomic E-state index is 12.8. The summed E-state index contributed by atoms with van der Waals surface area (Å²) in [7, 11) is 0. The number of carbonyl (C=O) groups is 3. The number of carboxylic acid groups (broad SMARTS) is 1. The van der Waals surface area contributed by atoms with Gasteiger partial charge in [-0.3, -0.25) is 4.79 Å². The Kier molecular flexibility index (Phi) is 8.97. The number of hydrogen-bond donors (Lipinski definition) is 3. The number of carboxylic acids is 1. The molecule has 0 aliphatic rings. The summed E-state index contributed by atoms with van der Waals surface area (Å²) < 4.78 is 17.9. The number of nitrogens with one attached hydrogen (secondary N) is 2. The smallest absolute Gasteiger partial charge is 0.408 e. The predicted octanol–water partition coefficient (Wildman–Crippen LogP) is 3.27. The minimum atomic E-state index is -1.18. The molecule has 0 spiro atoms. The van der Waals surface area contributed by atoms with Crippen molar-refractivity contribution in [1.82, 2.24) is 5.32 Å². The molecule has 9 heteroatoms. The third-order valence-electron chi connectivity index (χ3n) is 3.71. The van der Waals surface area contributed by atoms with Crippen molar-refractivity contribution in [3.05, 3.63) is 66.0 Å². The average Bonchev–Trinajstić information content (AvgIpc) is 2.71. The first kappa shape index (κ1) is 22.2. The number of carbonyl (C=O) groups excluding carboxylic acids is 2. The molecule has 29 heavy (non-hydrogen) atoms. The number of thioether (sulfide) groups is 1. The predicted molar refractivity (Wildman–Crippen MR) is 108 cm³/mol. The lowest BCUT2D eigenvalue weighted by Crippen LogP contribution is -2.41. The molecule has 2 rings (SSSR count). The fourth-order valence-electron chi connectivity index (χ4n) is 2.26. The molecule has 0 aromatic heterocycles. The van der Waals surface area contributed by atoms with Gasteiger partial charge in [-0.2, -0.15) is 11.8 Å². The SMILES string of the molecule is O=C(CSCCC(NC(=O)OCc1ccccc1)C(=O)O)Nc1ccc(F)cc1. The molecule has 0 saturated carbocycles. The maximum atomic E-state index is 12.8. The summed E-state index contributed by atoms with van der Waals surface area (Å²) in [5.41, 5.74) is 1.26. The highest BCUT2D eigenvalue weighted by atomic mass is 32.2. The molecule has 0 bridgehead atoms. The second-order valence-electron chi connectivity index (χ2n) is 5.99. The van der Waals surface area contributed by atoms with Crippen LogP contribution in [0.2, 0.25) is 0 Å². The van der Waals surface area contributed by atoms with Crippen molar-refractivity contribution in [2.75, 3.05) is 16.8 Å². The third kappa shape index (κ3) is 8.65. The summed E-state index contributed by atoms with van der Waals surface area (Å²) in [6.07, 6.45) is -0.690. The van der Waals surface area contributed by atoms with Gasteiger partial charge in [0.1, 0.15) is 18.5 Å². The molecular weight excluding hydrogens is 399 g/mol. The van der Waals surface area contributed by atoms with Gasteiger partial charge in [-0.1, -0.05) is 30.3 Å². The summed E-state index contributed by atoms with van der Waals surface area (Å²) in [5.74, 6) is -1.43. The van der Waals surface area contributed by atoms with E-state index in [2.05, 4.69) is 10.6 Å². The summed E-state index contributed by atoms with van der Waals surface area (Å²) in [4.78, 5) is 35.0. The number of benzene rings is 2. The van der Waals surface area contributed by atoms with Crippen LogP contribution in [0, 0.1) is 5.82 Å². The summed E-state index contributed by atoms with van der Waals surface area (Å²) in [5, 5.41) is 14.2. The average molecular weight is 420 g/mol. The second kappa shape index (κ2) is 11.7. The summed E-state index contributed by atoms with van der Waals surface area (Å²) in [6, 6.07) is 13.3. The highest BCUT2D eigenvalue weighted by Crippen LogP contribution is 2.11. The Bertz CT molecular complexity index is 817. The first-order chi connectivity index (χ1) is 13.9. The zero-order chi connectivity index (χ0) is 21.1. The quantitative estimate of drug-likeness (QED) is 0.510. The van der Waals surface area contributed by atoms with Crippen LogP contribution in [-0.2, 0) is 20.9 Å². The van der Waals surface area contributed by atoms with Gasteiger partial charge >= 0.3 is 12.1 Å². The van der Waals surface area contributed by atoms with Crippen LogP contribution >= 0.6 is 11.8 Å². The van der Waals surface area contributed by atoms with E-state index in [-0.39, 0.29) is 24.7 Å². The standard InChI is InChI=1S/C20H21FN2O5S/c21-15-6-8-16(9-7-15)22-18(24)13-29-11-10-17(19(25)26)23-20(27)28-12-14-4-2-1-3-5-14/h1-9,17H,10-13H2,(H,22,24)(H,23,27)(H,25,26). The van der Waals surface area contributed by atoms with Crippen LogP contribution in [0.25, 0.3) is 0 Å². The summed E-state index contributed by atoms with van der Waals surface area (Å²) in [6.45, 7) is 0.0390. The van der Waals surface area contributed by atoms with Crippen molar-refractivity contribution in [2.24, 2.45) is 0 Å². The molecule has 2 amide bonds. The normalized spacial score (nSPS) is 11.3. The molecule has 0 fully saturated rings. The molecule has 2 aromatic carbocycles. The van der Waals surface area contributed by atoms with E-state index in [1.165, 1.54) is 36.0 Å². The molecule has 0 aliphatic heterocycles. The first-order valence-corrected chi connectivity index (χ1v) is 9.92. The van der Waals surface area contributed by atoms with Crippen molar-refractivity contribution in [2.45, 2.75) is 19.1 Å². The van der Waals surface area contributed by atoms with E-state index in [0.717, 1.165) is 5.56 Å². The number of hydrogen-bond acceptors (Lipinski definition) is 5. The van der Waals surface area contributed by atoms with Crippen molar-refractivity contribution >= 4 is 35.4 Å². The monoisotopic (exact) mass is 420 g/mol. The Balaban J connectivity index is 1.67. The van der Waals surface area contributed by atoms with Gasteiger partial charge in [0.25, 0.3) is 0 Å². The van der Waals surface area contributed by atoms with E-state index in [4.69, 9.17) is 4.74 Å². The van der Waals surface area contributed by atoms with Gasteiger partial charge in [0.05, 0.1) is 5.75 Å². The van der Waals surface area contributed by atoms with Gasteiger partial charge in [-0.25, -0.2) is 14.0 Å². The summed E-state index contributed by atoms with van der Waals surface area (Å²) >= 11 is 1.23. The van der Waals surface area contributed by atoms with Crippen LogP contribution in [0.15, 0.2) is 54.6 Å². The Morgan fingerprint density at radius 3 is 2.41 bits per heavy atom. The molecular formula is C20H21FN2O5S. The largest absolute Gasteiger partial charge is 0.480 e. The molecule has 2 aromatic rings. The van der Waals surface area contributed by atoms with Crippen molar-refractivity contribution in [3.63, 3.8) is 0 Å². The zero-order valence-electron chi connectivity index (χ0n) is 15.5. The molecule has 0 saturated heterocycles. The molecule has 154 valence electrons. The van der Waals surface area contributed by atoms with Crippen LogP contribution in [0.5, 0.6) is 0 Å². The van der Waals surface area contributed by atoms with Crippen LogP contribution in [0.3, 0.4) is 0 Å². The van der Waals surface area contributed by atoms with Crippen molar-refractivity contribution in [3.8, 4) is 0 Å². The van der Waals surface area contributed by atoms with Gasteiger partial charge in [0.15, 0.2) is 0 Å². The Morgan fingerprint density at radius 2 is 1.76 bits per heavy atom. The van der Waals surface area contributed by atoms with Gasteiger partial charge in [0.2, 0.25) is 5.91 Å². The number of rotatable bonds is 10. The number of anilines is 1. The lowest BCUT2D eigenvalue weighted by atomic mass is 10.2. The molecule has 0 aliphatic carbocycles. The van der Waals surface area contributed by atoms with Crippen LogP contribution in [0.4, 0.5) is 14.9 Å². The van der Waals surface area contributed by atoms with E-state index < -0.39 is 23.9 Å². The minimum Gasteiger partial charge on any atom is -0.480 e. The Morgan fingerprint density at radius 1 is 1.07 bits per heavy atom. The van der Waals surface area contributed by atoms with E-state index in [0.29, 0.717) is 11.4 Å². The number of aliphatic carboxylic acids is 1. The Labute approximate surface area is 171 Å². The van der Waals surface area contributed by atoms with Gasteiger partial charge < -0.3 is 20.5 Å². The van der Waals surface area contributed by atoms with E-state index in [1.54, 1.807) is 24.3 Å². The molecule has 1 unspecified atom stereocenters. The number of ether oxygens (including phenoxy) is 1. The van der Waals surface area contributed by atoms with Crippen LogP contribution < -0.4 is 10.6 Å². The topological polar surface area (TPSA) is 105 Å². The highest BCUT2D eigenvalue weighted by Gasteiger charge is 2.20. The fourth-order valence-corrected chi connectivity index (χ4v) is 3.07. The maximum Gasteiger partial charge on any atom is 0.408 e. The third-order valence-corrected chi connectivity index (χ3v) is 4.71. The number of amides is 2. The van der Waals surface area contributed by atoms with E-state index in [9.17, 15) is 23.9 Å². The molecule has 1 atom stereocenters.